The average Bonchev–Trinajstić information content (AvgIpc) is 2.35. The molecule has 0 aliphatic heterocycles. The van der Waals surface area contributed by atoms with Gasteiger partial charge in [0.05, 0.1) is 0 Å². The monoisotopic (exact) mass is 234 g/mol. The third-order valence-corrected chi connectivity index (χ3v) is 2.87. The number of hydrogen-bond donors (Lipinski definition) is 1. The number of carbonyl (C=O) groups is 1. The lowest BCUT2D eigenvalue weighted by molar-refractivity contribution is 0.0827. The largest absolute Gasteiger partial charge is 0.385 e. The molecule has 1 N–H and O–H groups in total. The smallest absolute Gasteiger partial charge is 0.253 e. The molecule has 0 bridgehead atoms. The summed E-state index contributed by atoms with van der Waals surface area (Å²) >= 11 is 0. The van der Waals surface area contributed by atoms with Gasteiger partial charge in [-0.15, -0.1) is 0 Å². The molecule has 0 aromatic heterocycles. The molecule has 0 saturated heterocycles. The normalized spacial score (nSPS) is 12.0. The second-order valence-electron chi connectivity index (χ2n) is 4.67. The first-order valence-electron chi connectivity index (χ1n) is 6.10. The van der Waals surface area contributed by atoms with Crippen molar-refractivity contribution in [3.05, 3.63) is 29.8 Å². The van der Waals surface area contributed by atoms with Crippen LogP contribution in [-0.4, -0.2) is 31.4 Å². The number of nitrogens with zero attached hydrogens (tertiary/aromatic N) is 1. The van der Waals surface area contributed by atoms with Crippen LogP contribution in [0.4, 0.5) is 5.69 Å². The van der Waals surface area contributed by atoms with E-state index in [9.17, 15) is 4.79 Å². The second kappa shape index (κ2) is 6.28. The van der Waals surface area contributed by atoms with Crippen LogP contribution in [0.25, 0.3) is 0 Å². The second-order valence-corrected chi connectivity index (χ2v) is 4.67. The predicted molar refractivity (Wildman–Crippen MR) is 72.4 cm³/mol. The molecule has 1 aromatic carbocycles. The fraction of sp³-hybridized carbons (Fsp3) is 0.500. The molecule has 1 atom stereocenters. The zero-order valence-electron chi connectivity index (χ0n) is 11.2. The molecule has 1 aromatic rings. The predicted octanol–water partition coefficient (Wildman–Crippen LogP) is 2.85. The fourth-order valence-electron chi connectivity index (χ4n) is 1.46. The van der Waals surface area contributed by atoms with Gasteiger partial charge in [-0.1, -0.05) is 26.3 Å². The first kappa shape index (κ1) is 13.6. The summed E-state index contributed by atoms with van der Waals surface area (Å²) in [5, 5.41) is 3.36. The first-order valence-corrected chi connectivity index (χ1v) is 6.10. The SMILES string of the molecule is CCC(C)CNc1cccc(C(=O)N(C)C)c1. The molecule has 0 radical (unpaired) electrons. The Morgan fingerprint density at radius 1 is 1.41 bits per heavy atom. The van der Waals surface area contributed by atoms with Gasteiger partial charge in [-0.25, -0.2) is 0 Å². The summed E-state index contributed by atoms with van der Waals surface area (Å²) in [5.74, 6) is 0.681. The summed E-state index contributed by atoms with van der Waals surface area (Å²) in [6.07, 6.45) is 1.16. The van der Waals surface area contributed by atoms with Gasteiger partial charge in [0.25, 0.3) is 5.91 Å². The minimum atomic E-state index is 0.0391. The Morgan fingerprint density at radius 2 is 2.12 bits per heavy atom. The maximum Gasteiger partial charge on any atom is 0.253 e. The van der Waals surface area contributed by atoms with Crippen LogP contribution in [0, 0.1) is 5.92 Å². The molecule has 1 rings (SSSR count). The summed E-state index contributed by atoms with van der Waals surface area (Å²) in [6, 6.07) is 7.66. The van der Waals surface area contributed by atoms with E-state index in [4.69, 9.17) is 0 Å². The minimum absolute atomic E-state index is 0.0391. The van der Waals surface area contributed by atoms with Crippen molar-refractivity contribution in [1.29, 1.82) is 0 Å². The molecule has 0 fully saturated rings. The van der Waals surface area contributed by atoms with E-state index in [0.29, 0.717) is 5.92 Å². The van der Waals surface area contributed by atoms with Gasteiger partial charge >= 0.3 is 0 Å². The standard InChI is InChI=1S/C14H22N2O/c1-5-11(2)10-15-13-8-6-7-12(9-13)14(17)16(3)4/h6-9,11,15H,5,10H2,1-4H3. The highest BCUT2D eigenvalue weighted by atomic mass is 16.2. The van der Waals surface area contributed by atoms with E-state index in [2.05, 4.69) is 19.2 Å². The van der Waals surface area contributed by atoms with Crippen molar-refractivity contribution in [3.8, 4) is 0 Å². The molecule has 0 spiro atoms. The fourth-order valence-corrected chi connectivity index (χ4v) is 1.46. The Morgan fingerprint density at radius 3 is 2.71 bits per heavy atom. The molecule has 0 aliphatic rings. The number of carbonyl (C=O) groups excluding carboxylic acids is 1. The molecule has 1 amide bonds. The highest BCUT2D eigenvalue weighted by molar-refractivity contribution is 5.94. The number of amides is 1. The van der Waals surface area contributed by atoms with Gasteiger partial charge in [-0.2, -0.15) is 0 Å². The van der Waals surface area contributed by atoms with Crippen LogP contribution in [-0.2, 0) is 0 Å². The lowest BCUT2D eigenvalue weighted by atomic mass is 10.1. The lowest BCUT2D eigenvalue weighted by Gasteiger charge is -2.14. The van der Waals surface area contributed by atoms with Crippen molar-refractivity contribution in [2.75, 3.05) is 26.0 Å². The Balaban J connectivity index is 2.69. The summed E-state index contributed by atoms with van der Waals surface area (Å²) in [4.78, 5) is 13.4. The Kier molecular flexibility index (Phi) is 5.01. The van der Waals surface area contributed by atoms with Crippen LogP contribution < -0.4 is 5.32 Å². The van der Waals surface area contributed by atoms with Crippen molar-refractivity contribution in [2.45, 2.75) is 20.3 Å². The zero-order chi connectivity index (χ0) is 12.8. The highest BCUT2D eigenvalue weighted by Crippen LogP contribution is 2.13. The molecule has 1 unspecified atom stereocenters. The van der Waals surface area contributed by atoms with Crippen LogP contribution in [0.2, 0.25) is 0 Å². The summed E-state index contributed by atoms with van der Waals surface area (Å²) in [5.41, 5.74) is 1.74. The topological polar surface area (TPSA) is 32.3 Å². The molecule has 0 aliphatic carbocycles. The first-order chi connectivity index (χ1) is 8.04. The maximum atomic E-state index is 11.8. The van der Waals surface area contributed by atoms with Crippen molar-refractivity contribution in [2.24, 2.45) is 5.92 Å². The molecule has 0 saturated carbocycles. The van der Waals surface area contributed by atoms with E-state index in [1.54, 1.807) is 19.0 Å². The van der Waals surface area contributed by atoms with E-state index in [0.717, 1.165) is 24.2 Å². The molecule has 3 heteroatoms. The summed E-state index contributed by atoms with van der Waals surface area (Å²) in [7, 11) is 3.53. The number of rotatable bonds is 5. The number of hydrogen-bond acceptors (Lipinski definition) is 2. The third-order valence-electron chi connectivity index (χ3n) is 2.87. The average molecular weight is 234 g/mol. The third kappa shape index (κ3) is 4.10. The Bertz CT molecular complexity index is 374. The van der Waals surface area contributed by atoms with Crippen LogP contribution in [0.5, 0.6) is 0 Å². The van der Waals surface area contributed by atoms with Gasteiger partial charge < -0.3 is 10.2 Å². The van der Waals surface area contributed by atoms with Gasteiger partial charge in [-0.3, -0.25) is 4.79 Å². The lowest BCUT2D eigenvalue weighted by Crippen LogP contribution is -2.21. The molecular formula is C14H22N2O. The van der Waals surface area contributed by atoms with Crippen molar-refractivity contribution < 1.29 is 4.79 Å². The van der Waals surface area contributed by atoms with Gasteiger partial charge in [0.15, 0.2) is 0 Å². The molecule has 94 valence electrons. The Hall–Kier alpha value is -1.51. The van der Waals surface area contributed by atoms with Crippen LogP contribution in [0.15, 0.2) is 24.3 Å². The van der Waals surface area contributed by atoms with Gasteiger partial charge in [0.1, 0.15) is 0 Å². The van der Waals surface area contributed by atoms with E-state index in [-0.39, 0.29) is 5.91 Å². The molecule has 3 nitrogen and oxygen atoms in total. The van der Waals surface area contributed by atoms with Gasteiger partial charge in [-0.05, 0) is 24.1 Å². The molecule has 17 heavy (non-hydrogen) atoms. The van der Waals surface area contributed by atoms with E-state index >= 15 is 0 Å². The van der Waals surface area contributed by atoms with E-state index in [1.165, 1.54) is 0 Å². The van der Waals surface area contributed by atoms with E-state index < -0.39 is 0 Å². The quantitative estimate of drug-likeness (QED) is 0.849. The highest BCUT2D eigenvalue weighted by Gasteiger charge is 2.08. The van der Waals surface area contributed by atoms with E-state index in [1.807, 2.05) is 24.3 Å². The van der Waals surface area contributed by atoms with Gasteiger partial charge in [0.2, 0.25) is 0 Å². The van der Waals surface area contributed by atoms with Crippen molar-refractivity contribution in [3.63, 3.8) is 0 Å². The number of nitrogens with one attached hydrogen (secondary N) is 1. The van der Waals surface area contributed by atoms with Crippen LogP contribution >= 0.6 is 0 Å². The summed E-state index contributed by atoms with van der Waals surface area (Å²) in [6.45, 7) is 5.33. The van der Waals surface area contributed by atoms with Crippen LogP contribution in [0.1, 0.15) is 30.6 Å². The Labute approximate surface area is 104 Å². The minimum Gasteiger partial charge on any atom is -0.385 e. The zero-order valence-corrected chi connectivity index (χ0v) is 11.2. The maximum absolute atomic E-state index is 11.8. The van der Waals surface area contributed by atoms with Crippen LogP contribution in [0.3, 0.4) is 0 Å². The molecular weight excluding hydrogens is 212 g/mol. The van der Waals surface area contributed by atoms with Crippen molar-refractivity contribution >= 4 is 11.6 Å². The number of benzene rings is 1. The molecule has 0 heterocycles. The summed E-state index contributed by atoms with van der Waals surface area (Å²) < 4.78 is 0. The number of anilines is 1. The van der Waals surface area contributed by atoms with Crippen molar-refractivity contribution in [1.82, 2.24) is 4.90 Å². The van der Waals surface area contributed by atoms with Gasteiger partial charge in [0, 0.05) is 31.9 Å².